The molecular weight excluding hydrogens is 414 g/mol. The van der Waals surface area contributed by atoms with Crippen molar-refractivity contribution >= 4 is 23.6 Å². The smallest absolute Gasteiger partial charge is 0.326 e. The Bertz CT molecular complexity index is 1010. The number of hydrogen-bond donors (Lipinski definition) is 2. The molecule has 1 atom stereocenters. The van der Waals surface area contributed by atoms with Gasteiger partial charge in [-0.25, -0.2) is 4.79 Å². The zero-order valence-corrected chi connectivity index (χ0v) is 18.3. The highest BCUT2D eigenvalue weighted by atomic mass is 32.2. The predicted molar refractivity (Wildman–Crippen MR) is 122 cm³/mol. The molecule has 0 saturated heterocycles. The number of benzene rings is 2. The average Bonchev–Trinajstić information content (AvgIpc) is 3.16. The normalized spacial score (nSPS) is 11.7. The van der Waals surface area contributed by atoms with E-state index < -0.39 is 17.9 Å². The van der Waals surface area contributed by atoms with Gasteiger partial charge in [0.15, 0.2) is 5.76 Å². The first-order valence-corrected chi connectivity index (χ1v) is 11.3. The second kappa shape index (κ2) is 10.7. The molecule has 0 aliphatic carbocycles. The summed E-state index contributed by atoms with van der Waals surface area (Å²) in [6, 6.07) is 18.5. The van der Waals surface area contributed by atoms with Crippen molar-refractivity contribution in [3.63, 3.8) is 0 Å². The Hall–Kier alpha value is -3.19. The van der Waals surface area contributed by atoms with Gasteiger partial charge in [-0.15, -0.1) is 0 Å². The summed E-state index contributed by atoms with van der Waals surface area (Å²) in [4.78, 5) is 23.8. The lowest BCUT2D eigenvalue weighted by Gasteiger charge is -2.12. The second-order valence-electron chi connectivity index (χ2n) is 7.02. The number of carbonyl (C=O) groups is 2. The number of thioether (sulfide) groups is 1. The van der Waals surface area contributed by atoms with Crippen LogP contribution in [0, 0.1) is 6.92 Å². The van der Waals surface area contributed by atoms with Crippen LogP contribution in [-0.2, 0) is 11.4 Å². The molecule has 0 radical (unpaired) electrons. The number of ether oxygens (including phenoxy) is 1. The minimum absolute atomic E-state index is 0.0749. The maximum atomic E-state index is 12.4. The van der Waals surface area contributed by atoms with Gasteiger partial charge in [-0.3, -0.25) is 4.79 Å². The van der Waals surface area contributed by atoms with Crippen LogP contribution in [0.2, 0.25) is 0 Å². The molecule has 0 fully saturated rings. The number of amides is 1. The van der Waals surface area contributed by atoms with Crippen molar-refractivity contribution in [1.82, 2.24) is 5.32 Å². The van der Waals surface area contributed by atoms with Crippen molar-refractivity contribution in [2.75, 3.05) is 12.0 Å². The highest BCUT2D eigenvalue weighted by Gasteiger charge is 2.23. The molecule has 1 unspecified atom stereocenters. The number of aliphatic carboxylic acids is 1. The lowest BCUT2D eigenvalue weighted by Crippen LogP contribution is -2.41. The Balaban J connectivity index is 1.60. The minimum Gasteiger partial charge on any atom is -0.489 e. The van der Waals surface area contributed by atoms with Gasteiger partial charge in [-0.2, -0.15) is 11.8 Å². The predicted octanol–water partition coefficient (Wildman–Crippen LogP) is 4.77. The van der Waals surface area contributed by atoms with Crippen LogP contribution < -0.4 is 10.1 Å². The zero-order valence-electron chi connectivity index (χ0n) is 17.5. The van der Waals surface area contributed by atoms with Gasteiger partial charge < -0.3 is 19.6 Å². The van der Waals surface area contributed by atoms with Gasteiger partial charge in [0.2, 0.25) is 0 Å². The summed E-state index contributed by atoms with van der Waals surface area (Å²) in [6.45, 7) is 1.98. The molecule has 0 spiro atoms. The Kier molecular flexibility index (Phi) is 7.78. The summed E-state index contributed by atoms with van der Waals surface area (Å²) in [5.74, 6) is 0.363. The van der Waals surface area contributed by atoms with Crippen molar-refractivity contribution in [2.24, 2.45) is 0 Å². The van der Waals surface area contributed by atoms with E-state index >= 15 is 0 Å². The molecule has 1 aromatic heterocycles. The van der Waals surface area contributed by atoms with Crippen LogP contribution >= 0.6 is 11.8 Å². The first-order valence-electron chi connectivity index (χ1n) is 9.88. The molecule has 0 saturated carbocycles. The van der Waals surface area contributed by atoms with Gasteiger partial charge >= 0.3 is 5.97 Å². The monoisotopic (exact) mass is 439 g/mol. The first kappa shape index (κ1) is 22.5. The largest absolute Gasteiger partial charge is 0.489 e. The van der Waals surface area contributed by atoms with Crippen LogP contribution in [0.1, 0.15) is 28.3 Å². The quantitative estimate of drug-likeness (QED) is 0.473. The number of rotatable bonds is 10. The second-order valence-corrected chi connectivity index (χ2v) is 8.00. The fraction of sp³-hybridized carbons (Fsp3) is 0.250. The Morgan fingerprint density at radius 3 is 2.42 bits per heavy atom. The summed E-state index contributed by atoms with van der Waals surface area (Å²) in [6.07, 6.45) is 2.23. The third-order valence-corrected chi connectivity index (χ3v) is 5.46. The maximum Gasteiger partial charge on any atom is 0.326 e. The van der Waals surface area contributed by atoms with Crippen LogP contribution in [0.5, 0.6) is 5.75 Å². The molecule has 2 N–H and O–H groups in total. The number of carboxylic acid groups (broad SMARTS) is 1. The Morgan fingerprint density at radius 1 is 1.10 bits per heavy atom. The van der Waals surface area contributed by atoms with Gasteiger partial charge in [-0.05, 0) is 54.7 Å². The maximum absolute atomic E-state index is 12.4. The van der Waals surface area contributed by atoms with Gasteiger partial charge in [0.1, 0.15) is 24.2 Å². The number of furan rings is 1. The van der Waals surface area contributed by atoms with Crippen LogP contribution in [0.4, 0.5) is 0 Å². The topological polar surface area (TPSA) is 88.8 Å². The van der Waals surface area contributed by atoms with E-state index in [-0.39, 0.29) is 12.4 Å². The molecule has 2 aromatic carbocycles. The van der Waals surface area contributed by atoms with E-state index in [4.69, 9.17) is 9.15 Å². The molecule has 0 aliphatic heterocycles. The minimum atomic E-state index is -1.06. The molecule has 1 heterocycles. The number of aryl methyl sites for hydroxylation is 1. The Labute approximate surface area is 185 Å². The van der Waals surface area contributed by atoms with E-state index in [1.807, 2.05) is 60.9 Å². The lowest BCUT2D eigenvalue weighted by molar-refractivity contribution is -0.139. The molecule has 3 rings (SSSR count). The molecule has 162 valence electrons. The molecule has 7 heteroatoms. The van der Waals surface area contributed by atoms with Crippen molar-refractivity contribution < 1.29 is 23.8 Å². The molecule has 1 amide bonds. The van der Waals surface area contributed by atoms with Crippen molar-refractivity contribution in [1.29, 1.82) is 0 Å². The summed E-state index contributed by atoms with van der Waals surface area (Å²) in [5.41, 5.74) is 2.96. The van der Waals surface area contributed by atoms with Crippen LogP contribution in [-0.4, -0.2) is 35.0 Å². The highest BCUT2D eigenvalue weighted by molar-refractivity contribution is 7.98. The van der Waals surface area contributed by atoms with Gasteiger partial charge in [0, 0.05) is 5.56 Å². The summed E-state index contributed by atoms with van der Waals surface area (Å²) >= 11 is 1.53. The van der Waals surface area contributed by atoms with E-state index in [2.05, 4.69) is 5.32 Å². The number of nitrogens with one attached hydrogen (secondary N) is 1. The van der Waals surface area contributed by atoms with E-state index in [0.29, 0.717) is 23.7 Å². The standard InChI is InChI=1S/C24H25NO5S/c1-16-19(14-22(30-16)23(26)25-21(24(27)28)12-13-31-2)15-29-20-10-8-18(9-11-20)17-6-4-3-5-7-17/h3-11,14,21H,12-13,15H2,1-2H3,(H,25,26)(H,27,28). The third kappa shape index (κ3) is 6.15. The summed E-state index contributed by atoms with van der Waals surface area (Å²) in [7, 11) is 0. The van der Waals surface area contributed by atoms with E-state index in [1.165, 1.54) is 11.8 Å². The molecular formula is C24H25NO5S. The van der Waals surface area contributed by atoms with E-state index in [1.54, 1.807) is 13.0 Å². The summed E-state index contributed by atoms with van der Waals surface area (Å²) < 4.78 is 11.4. The van der Waals surface area contributed by atoms with Crippen molar-refractivity contribution in [3.05, 3.63) is 77.7 Å². The zero-order chi connectivity index (χ0) is 22.2. The van der Waals surface area contributed by atoms with Gasteiger partial charge in [-0.1, -0.05) is 42.5 Å². The Morgan fingerprint density at radius 2 is 1.77 bits per heavy atom. The lowest BCUT2D eigenvalue weighted by atomic mass is 10.1. The van der Waals surface area contributed by atoms with Crippen LogP contribution in [0.15, 0.2) is 65.1 Å². The molecule has 31 heavy (non-hydrogen) atoms. The van der Waals surface area contributed by atoms with E-state index in [9.17, 15) is 14.7 Å². The first-order chi connectivity index (χ1) is 15.0. The number of carboxylic acids is 1. The van der Waals surface area contributed by atoms with Crippen molar-refractivity contribution in [2.45, 2.75) is 26.0 Å². The molecule has 6 nitrogen and oxygen atoms in total. The third-order valence-electron chi connectivity index (χ3n) is 4.81. The fourth-order valence-corrected chi connectivity index (χ4v) is 3.50. The van der Waals surface area contributed by atoms with Crippen LogP contribution in [0.3, 0.4) is 0 Å². The average molecular weight is 440 g/mol. The van der Waals surface area contributed by atoms with Gasteiger partial charge in [0.05, 0.1) is 0 Å². The number of hydrogen-bond acceptors (Lipinski definition) is 5. The molecule has 3 aromatic rings. The van der Waals surface area contributed by atoms with E-state index in [0.717, 1.165) is 16.7 Å². The molecule has 0 bridgehead atoms. The highest BCUT2D eigenvalue weighted by Crippen LogP contribution is 2.23. The van der Waals surface area contributed by atoms with Crippen molar-refractivity contribution in [3.8, 4) is 16.9 Å². The SMILES string of the molecule is CSCCC(NC(=O)c1cc(COc2ccc(-c3ccccc3)cc2)c(C)o1)C(=O)O. The summed E-state index contributed by atoms with van der Waals surface area (Å²) in [5, 5.41) is 11.8. The van der Waals surface area contributed by atoms with Crippen LogP contribution in [0.25, 0.3) is 11.1 Å². The van der Waals surface area contributed by atoms with Gasteiger partial charge in [0.25, 0.3) is 5.91 Å². The number of carbonyl (C=O) groups excluding carboxylic acids is 1. The fourth-order valence-electron chi connectivity index (χ4n) is 3.03. The molecule has 0 aliphatic rings.